The van der Waals surface area contributed by atoms with Crippen molar-refractivity contribution in [1.29, 1.82) is 5.26 Å². The number of carbonyl (C=O) groups excluding carboxylic acids is 1. The quantitative estimate of drug-likeness (QED) is 0.368. The van der Waals surface area contributed by atoms with Gasteiger partial charge < -0.3 is 9.47 Å². The third kappa shape index (κ3) is 3.18. The van der Waals surface area contributed by atoms with Crippen LogP contribution in [0.2, 0.25) is 0 Å². The van der Waals surface area contributed by atoms with Gasteiger partial charge in [0.05, 0.1) is 27.6 Å². The number of ether oxygens (including phenoxy) is 2. The molecule has 1 aromatic rings. The van der Waals surface area contributed by atoms with Crippen LogP contribution in [0.5, 0.6) is 5.75 Å². The summed E-state index contributed by atoms with van der Waals surface area (Å²) in [5.74, 6) is -0.294. The molecule has 0 saturated heterocycles. The molecular formula is C10H7BrN2O5. The van der Waals surface area contributed by atoms with E-state index < -0.39 is 16.8 Å². The normalized spacial score (nSPS) is 9.39. The summed E-state index contributed by atoms with van der Waals surface area (Å²) < 4.78 is 9.37. The van der Waals surface area contributed by atoms with Crippen molar-refractivity contribution < 1.29 is 19.2 Å². The lowest BCUT2D eigenvalue weighted by atomic mass is 10.2. The highest BCUT2D eigenvalue weighted by atomic mass is 79.9. The van der Waals surface area contributed by atoms with Crippen LogP contribution in [0.3, 0.4) is 0 Å². The van der Waals surface area contributed by atoms with Gasteiger partial charge in [-0.15, -0.1) is 0 Å². The van der Waals surface area contributed by atoms with Gasteiger partial charge in [-0.2, -0.15) is 5.26 Å². The smallest absolute Gasteiger partial charge is 0.434 e. The van der Waals surface area contributed by atoms with E-state index in [2.05, 4.69) is 20.7 Å². The van der Waals surface area contributed by atoms with Crippen LogP contribution in [0, 0.1) is 21.4 Å². The molecule has 0 aliphatic heterocycles. The molecule has 0 N–H and O–H groups in total. The van der Waals surface area contributed by atoms with Gasteiger partial charge >= 0.3 is 11.8 Å². The van der Waals surface area contributed by atoms with Crippen LogP contribution in [-0.4, -0.2) is 17.7 Å². The standard InChI is InChI=1S/C10H7BrN2O5/c1-2-17-10(14)18-9-7(11)3-6(5-12)4-8(9)13(15)16/h3-4H,2H2,1H3. The van der Waals surface area contributed by atoms with Crippen LogP contribution in [0.4, 0.5) is 10.5 Å². The molecule has 18 heavy (non-hydrogen) atoms. The van der Waals surface area contributed by atoms with E-state index in [1.807, 2.05) is 0 Å². The predicted molar refractivity (Wildman–Crippen MR) is 63.2 cm³/mol. The molecule has 94 valence electrons. The Morgan fingerprint density at radius 1 is 1.61 bits per heavy atom. The molecule has 0 heterocycles. The zero-order valence-electron chi connectivity index (χ0n) is 9.18. The third-order valence-corrected chi connectivity index (χ3v) is 2.39. The van der Waals surface area contributed by atoms with Crippen molar-refractivity contribution in [2.24, 2.45) is 0 Å². The lowest BCUT2D eigenvalue weighted by molar-refractivity contribution is -0.385. The second-order valence-corrected chi connectivity index (χ2v) is 3.81. The number of hydrogen-bond acceptors (Lipinski definition) is 6. The number of nitro groups is 1. The van der Waals surface area contributed by atoms with Crippen molar-refractivity contribution in [1.82, 2.24) is 0 Å². The van der Waals surface area contributed by atoms with Gasteiger partial charge in [-0.3, -0.25) is 10.1 Å². The Kier molecular flexibility index (Phi) is 4.62. The fourth-order valence-corrected chi connectivity index (χ4v) is 1.64. The summed E-state index contributed by atoms with van der Waals surface area (Å²) in [5.41, 5.74) is -0.418. The summed E-state index contributed by atoms with van der Waals surface area (Å²) >= 11 is 3.00. The van der Waals surface area contributed by atoms with E-state index in [9.17, 15) is 14.9 Å². The van der Waals surface area contributed by atoms with Gasteiger partial charge in [0.1, 0.15) is 0 Å². The monoisotopic (exact) mass is 314 g/mol. The Morgan fingerprint density at radius 3 is 2.78 bits per heavy atom. The molecule has 0 unspecified atom stereocenters. The van der Waals surface area contributed by atoms with Gasteiger partial charge in [0.15, 0.2) is 0 Å². The van der Waals surface area contributed by atoms with Gasteiger partial charge in [0.2, 0.25) is 5.75 Å². The van der Waals surface area contributed by atoms with Gasteiger partial charge in [-0.1, -0.05) is 0 Å². The SMILES string of the molecule is CCOC(=O)Oc1c(Br)cc(C#N)cc1[N+](=O)[O-]. The van der Waals surface area contributed by atoms with Crippen LogP contribution >= 0.6 is 15.9 Å². The molecular weight excluding hydrogens is 308 g/mol. The molecule has 0 aliphatic rings. The van der Waals surface area contributed by atoms with E-state index >= 15 is 0 Å². The second kappa shape index (κ2) is 5.97. The van der Waals surface area contributed by atoms with Crippen molar-refractivity contribution in [2.45, 2.75) is 6.92 Å². The number of nitro benzene ring substituents is 1. The lowest BCUT2D eigenvalue weighted by Crippen LogP contribution is -2.11. The van der Waals surface area contributed by atoms with Crippen molar-refractivity contribution in [3.8, 4) is 11.8 Å². The van der Waals surface area contributed by atoms with E-state index in [1.165, 1.54) is 6.07 Å². The zero-order chi connectivity index (χ0) is 13.7. The molecule has 0 bridgehead atoms. The highest BCUT2D eigenvalue weighted by molar-refractivity contribution is 9.10. The van der Waals surface area contributed by atoms with Gasteiger partial charge in [-0.25, -0.2) is 4.79 Å². The minimum atomic E-state index is -1.05. The highest BCUT2D eigenvalue weighted by Gasteiger charge is 2.23. The molecule has 8 heteroatoms. The van der Waals surface area contributed by atoms with E-state index in [-0.39, 0.29) is 22.4 Å². The van der Waals surface area contributed by atoms with Gasteiger partial charge in [0.25, 0.3) is 0 Å². The summed E-state index contributed by atoms with van der Waals surface area (Å²) in [7, 11) is 0. The molecule has 1 aromatic carbocycles. The number of nitriles is 1. The predicted octanol–water partition coefficient (Wildman–Crippen LogP) is 2.76. The van der Waals surface area contributed by atoms with Crippen molar-refractivity contribution in [2.75, 3.05) is 6.61 Å². The first kappa shape index (κ1) is 13.9. The van der Waals surface area contributed by atoms with E-state index in [0.717, 1.165) is 6.07 Å². The zero-order valence-corrected chi connectivity index (χ0v) is 10.8. The number of benzene rings is 1. The average Bonchev–Trinajstić information content (AvgIpc) is 2.31. The lowest BCUT2D eigenvalue weighted by Gasteiger charge is -2.06. The third-order valence-electron chi connectivity index (χ3n) is 1.80. The summed E-state index contributed by atoms with van der Waals surface area (Å²) in [6.45, 7) is 1.66. The molecule has 0 fully saturated rings. The topological polar surface area (TPSA) is 102 Å². The maximum Gasteiger partial charge on any atom is 0.514 e. The first-order chi connectivity index (χ1) is 8.49. The largest absolute Gasteiger partial charge is 0.514 e. The molecule has 0 aromatic heterocycles. The number of halogens is 1. The first-order valence-electron chi connectivity index (χ1n) is 4.72. The molecule has 1 rings (SSSR count). The van der Waals surface area contributed by atoms with Gasteiger partial charge in [-0.05, 0) is 28.9 Å². The Balaban J connectivity index is 3.21. The molecule has 0 atom stereocenters. The number of nitrogens with zero attached hydrogens (tertiary/aromatic N) is 2. The summed E-state index contributed by atoms with van der Waals surface area (Å²) in [6.07, 6.45) is -1.05. The molecule has 0 aliphatic carbocycles. The summed E-state index contributed by atoms with van der Waals surface area (Å²) in [6, 6.07) is 4.08. The second-order valence-electron chi connectivity index (χ2n) is 2.96. The highest BCUT2D eigenvalue weighted by Crippen LogP contribution is 2.36. The molecule has 0 saturated carbocycles. The van der Waals surface area contributed by atoms with Crippen LogP contribution in [0.25, 0.3) is 0 Å². The van der Waals surface area contributed by atoms with Gasteiger partial charge in [0, 0.05) is 6.07 Å². The maximum absolute atomic E-state index is 11.1. The number of rotatable bonds is 3. The van der Waals surface area contributed by atoms with Crippen molar-refractivity contribution in [3.05, 3.63) is 32.3 Å². The Bertz CT molecular complexity index is 538. The molecule has 7 nitrogen and oxygen atoms in total. The van der Waals surface area contributed by atoms with Crippen LogP contribution in [0.1, 0.15) is 12.5 Å². The average molecular weight is 315 g/mol. The number of hydrogen-bond donors (Lipinski definition) is 0. The van der Waals surface area contributed by atoms with E-state index in [1.54, 1.807) is 13.0 Å². The molecule has 0 spiro atoms. The fraction of sp³-hybridized carbons (Fsp3) is 0.200. The fourth-order valence-electron chi connectivity index (χ4n) is 1.11. The van der Waals surface area contributed by atoms with Crippen molar-refractivity contribution in [3.63, 3.8) is 0 Å². The summed E-state index contributed by atoms with van der Waals surface area (Å²) in [4.78, 5) is 21.2. The Labute approximate surface area is 110 Å². The molecule has 0 radical (unpaired) electrons. The van der Waals surface area contributed by atoms with E-state index in [4.69, 9.17) is 10.00 Å². The minimum Gasteiger partial charge on any atom is -0.434 e. The molecule has 0 amide bonds. The van der Waals surface area contributed by atoms with Crippen LogP contribution < -0.4 is 4.74 Å². The Morgan fingerprint density at radius 2 is 2.28 bits per heavy atom. The first-order valence-corrected chi connectivity index (χ1v) is 5.51. The van der Waals surface area contributed by atoms with Crippen molar-refractivity contribution >= 4 is 27.8 Å². The maximum atomic E-state index is 11.1. The van der Waals surface area contributed by atoms with Crippen LogP contribution in [-0.2, 0) is 4.74 Å². The van der Waals surface area contributed by atoms with Crippen LogP contribution in [0.15, 0.2) is 16.6 Å². The number of carbonyl (C=O) groups is 1. The summed E-state index contributed by atoms with van der Waals surface area (Å²) in [5, 5.41) is 19.5. The van der Waals surface area contributed by atoms with E-state index in [0.29, 0.717) is 0 Å². The Hall–Kier alpha value is -2.14. The minimum absolute atomic E-state index is 0.0739.